The molecule has 0 aliphatic heterocycles. The fourth-order valence-corrected chi connectivity index (χ4v) is 4.41. The smallest absolute Gasteiger partial charge is 0.462 e. The molecule has 1 aromatic carbocycles. The third kappa shape index (κ3) is 8.91. The fourth-order valence-electron chi connectivity index (χ4n) is 2.02. The van der Waals surface area contributed by atoms with Gasteiger partial charge in [-0.15, -0.1) is 0 Å². The van der Waals surface area contributed by atoms with Gasteiger partial charge in [0.1, 0.15) is 4.90 Å². The first-order valence-corrected chi connectivity index (χ1v) is 11.6. The summed E-state index contributed by atoms with van der Waals surface area (Å²) in [5.41, 5.74) is 0.800. The molecule has 1 aromatic rings. The van der Waals surface area contributed by atoms with E-state index in [9.17, 15) is 13.2 Å². The second-order valence-electron chi connectivity index (χ2n) is 5.53. The third-order valence-electron chi connectivity index (χ3n) is 3.56. The van der Waals surface area contributed by atoms with Gasteiger partial charge >= 0.3 is 14.8 Å². The molecule has 0 spiro atoms. The first kappa shape index (κ1) is 26.2. The van der Waals surface area contributed by atoms with Crippen molar-refractivity contribution in [1.29, 1.82) is 0 Å². The maximum Gasteiger partial charge on any atom is 0.500 e. The van der Waals surface area contributed by atoms with Crippen LogP contribution in [0, 0.1) is 0 Å². The van der Waals surface area contributed by atoms with Gasteiger partial charge in [0.25, 0.3) is 10.1 Å². The predicted molar refractivity (Wildman–Crippen MR) is 108 cm³/mol. The van der Waals surface area contributed by atoms with Crippen molar-refractivity contribution in [1.82, 2.24) is 0 Å². The topological polar surface area (TPSA) is 108 Å². The summed E-state index contributed by atoms with van der Waals surface area (Å²) in [6.07, 6.45) is 2.02. The summed E-state index contributed by atoms with van der Waals surface area (Å²) in [5, 5.41) is 0. The molecule has 28 heavy (non-hydrogen) atoms. The van der Waals surface area contributed by atoms with Gasteiger partial charge in [-0.3, -0.25) is 4.55 Å². The van der Waals surface area contributed by atoms with Crippen LogP contribution in [0.2, 0.25) is 6.04 Å². The summed E-state index contributed by atoms with van der Waals surface area (Å²) in [5.74, 6) is -0.375. The molecular weight excluding hydrogens is 404 g/mol. The van der Waals surface area contributed by atoms with Gasteiger partial charge in [-0.05, 0) is 25.0 Å². The molecule has 0 saturated heterocycles. The Morgan fingerprint density at radius 2 is 1.71 bits per heavy atom. The highest BCUT2D eigenvalue weighted by atomic mass is 32.2. The van der Waals surface area contributed by atoms with Gasteiger partial charge in [0.15, 0.2) is 0 Å². The van der Waals surface area contributed by atoms with E-state index in [-0.39, 0.29) is 10.9 Å². The van der Waals surface area contributed by atoms with Crippen molar-refractivity contribution in [3.05, 3.63) is 48.6 Å². The number of ether oxygens (including phenoxy) is 1. The molecule has 1 N–H and O–H groups in total. The van der Waals surface area contributed by atoms with Crippen LogP contribution in [0.5, 0.6) is 0 Å². The molecule has 0 aliphatic rings. The average Bonchev–Trinajstić information content (AvgIpc) is 2.68. The first-order valence-electron chi connectivity index (χ1n) is 8.24. The van der Waals surface area contributed by atoms with Gasteiger partial charge in [-0.1, -0.05) is 37.4 Å². The second-order valence-corrected chi connectivity index (χ2v) is 10.0. The molecule has 0 atom stereocenters. The second kappa shape index (κ2) is 12.6. The van der Waals surface area contributed by atoms with Crippen LogP contribution in [0.1, 0.15) is 18.9 Å². The van der Waals surface area contributed by atoms with E-state index in [0.29, 0.717) is 30.2 Å². The van der Waals surface area contributed by atoms with Crippen LogP contribution in [0.15, 0.2) is 47.9 Å². The summed E-state index contributed by atoms with van der Waals surface area (Å²) < 4.78 is 50.8. The minimum atomic E-state index is -4.12. The van der Waals surface area contributed by atoms with Gasteiger partial charge in [0, 0.05) is 32.9 Å². The van der Waals surface area contributed by atoms with Crippen molar-refractivity contribution in [3.8, 4) is 0 Å². The lowest BCUT2D eigenvalue weighted by molar-refractivity contribution is -0.139. The van der Waals surface area contributed by atoms with Crippen molar-refractivity contribution in [2.45, 2.75) is 24.3 Å². The number of benzene rings is 1. The number of rotatable bonds is 10. The number of carbonyl (C=O) groups is 1. The highest BCUT2D eigenvalue weighted by Gasteiger charge is 2.36. The predicted octanol–water partition coefficient (Wildman–Crippen LogP) is 2.95. The molecule has 158 valence electrons. The fraction of sp³-hybridized carbons (Fsp3) is 0.389. The third-order valence-corrected chi connectivity index (χ3v) is 7.32. The first-order chi connectivity index (χ1) is 13.1. The Bertz CT molecular complexity index is 748. The maximum absolute atomic E-state index is 11.1. The largest absolute Gasteiger partial charge is 0.500 e. The van der Waals surface area contributed by atoms with Crippen LogP contribution in [-0.2, 0) is 32.9 Å². The van der Waals surface area contributed by atoms with Crippen LogP contribution < -0.4 is 0 Å². The number of esters is 1. The Morgan fingerprint density at radius 3 is 2.11 bits per heavy atom. The van der Waals surface area contributed by atoms with Crippen molar-refractivity contribution >= 4 is 31.0 Å². The van der Waals surface area contributed by atoms with E-state index >= 15 is 0 Å². The summed E-state index contributed by atoms with van der Waals surface area (Å²) in [4.78, 5) is 11.0. The molecule has 10 heteroatoms. The highest BCUT2D eigenvalue weighted by Crippen LogP contribution is 2.16. The minimum Gasteiger partial charge on any atom is -0.462 e. The Hall–Kier alpha value is -1.82. The van der Waals surface area contributed by atoms with Crippen LogP contribution >= 0.6 is 0 Å². The van der Waals surface area contributed by atoms with Crippen molar-refractivity contribution in [3.63, 3.8) is 0 Å². The summed E-state index contributed by atoms with van der Waals surface area (Å²) >= 11 is 0. The van der Waals surface area contributed by atoms with Crippen molar-refractivity contribution in [2.75, 3.05) is 27.9 Å². The maximum atomic E-state index is 11.1. The van der Waals surface area contributed by atoms with Crippen molar-refractivity contribution in [2.24, 2.45) is 0 Å². The standard InChI is InChI=1S/C10H20O5Si.C8H8O3S/c1-9(2)10(11)15-7-6-8-16(12-3,13-4)14-5;1-2-7-5-3-4-6-8(7)12(9,10)11/h1,6-8H2,2-5H3;2-6H,1H2,(H,9,10,11). The molecule has 0 amide bonds. The van der Waals surface area contributed by atoms with Gasteiger partial charge in [0.2, 0.25) is 0 Å². The van der Waals surface area contributed by atoms with Crippen LogP contribution in [0.25, 0.3) is 6.08 Å². The van der Waals surface area contributed by atoms with Crippen LogP contribution in [-0.4, -0.2) is 55.7 Å². The Morgan fingerprint density at radius 1 is 1.18 bits per heavy atom. The summed E-state index contributed by atoms with van der Waals surface area (Å²) in [6, 6.07) is 6.71. The van der Waals surface area contributed by atoms with E-state index in [0.717, 1.165) is 0 Å². The van der Waals surface area contributed by atoms with E-state index < -0.39 is 18.9 Å². The van der Waals surface area contributed by atoms with E-state index in [2.05, 4.69) is 13.2 Å². The molecule has 0 fully saturated rings. The Balaban J connectivity index is 0.000000540. The SMILES string of the molecule is C=C(C)C(=O)OCCC[Si](OC)(OC)OC.C=Cc1ccccc1S(=O)(=O)O. The monoisotopic (exact) mass is 432 g/mol. The van der Waals surface area contributed by atoms with E-state index in [1.807, 2.05) is 0 Å². The zero-order chi connectivity index (χ0) is 21.8. The lowest BCUT2D eigenvalue weighted by Crippen LogP contribution is -2.42. The van der Waals surface area contributed by atoms with Gasteiger partial charge in [-0.25, -0.2) is 4.79 Å². The zero-order valence-electron chi connectivity index (χ0n) is 16.6. The molecule has 0 heterocycles. The molecule has 1 rings (SSSR count). The molecule has 0 bridgehead atoms. The molecule has 0 radical (unpaired) electrons. The van der Waals surface area contributed by atoms with Crippen molar-refractivity contribution < 1.29 is 35.8 Å². The van der Waals surface area contributed by atoms with Gasteiger partial charge in [0.05, 0.1) is 6.61 Å². The molecular formula is C18H28O8SSi. The minimum absolute atomic E-state index is 0.111. The quantitative estimate of drug-likeness (QED) is 0.198. The lowest BCUT2D eigenvalue weighted by Gasteiger charge is -2.24. The lowest BCUT2D eigenvalue weighted by atomic mass is 10.2. The van der Waals surface area contributed by atoms with Gasteiger partial charge in [-0.2, -0.15) is 8.42 Å². The highest BCUT2D eigenvalue weighted by molar-refractivity contribution is 7.85. The molecule has 0 saturated carbocycles. The average molecular weight is 433 g/mol. The van der Waals surface area contributed by atoms with E-state index in [1.54, 1.807) is 40.4 Å². The normalized spacial score (nSPS) is 11.2. The molecule has 8 nitrogen and oxygen atoms in total. The van der Waals surface area contributed by atoms with E-state index in [1.165, 1.54) is 18.2 Å². The number of hydrogen-bond acceptors (Lipinski definition) is 7. The zero-order valence-corrected chi connectivity index (χ0v) is 18.5. The van der Waals surface area contributed by atoms with Crippen LogP contribution in [0.4, 0.5) is 0 Å². The molecule has 0 unspecified atom stereocenters. The molecule has 0 aromatic heterocycles. The summed E-state index contributed by atoms with van der Waals surface area (Å²) in [6.45, 7) is 8.85. The van der Waals surface area contributed by atoms with Crippen LogP contribution in [0.3, 0.4) is 0 Å². The molecule has 0 aliphatic carbocycles. The van der Waals surface area contributed by atoms with E-state index in [4.69, 9.17) is 22.6 Å². The Labute approximate surface area is 167 Å². The number of hydrogen-bond donors (Lipinski definition) is 1. The van der Waals surface area contributed by atoms with Gasteiger partial charge < -0.3 is 18.0 Å². The summed E-state index contributed by atoms with van der Waals surface area (Å²) in [7, 11) is -1.98. The number of carbonyl (C=O) groups excluding carboxylic acids is 1. The Kier molecular flexibility index (Phi) is 11.8.